The van der Waals surface area contributed by atoms with Crippen molar-refractivity contribution in [2.75, 3.05) is 6.54 Å². The average molecular weight is 209 g/mol. The van der Waals surface area contributed by atoms with Crippen LogP contribution in [0.15, 0.2) is 0 Å². The first-order valence-corrected chi connectivity index (χ1v) is 6.40. The van der Waals surface area contributed by atoms with Crippen LogP contribution in [0.25, 0.3) is 0 Å². The van der Waals surface area contributed by atoms with Gasteiger partial charge in [0, 0.05) is 19.0 Å². The summed E-state index contributed by atoms with van der Waals surface area (Å²) in [5, 5.41) is 0. The summed E-state index contributed by atoms with van der Waals surface area (Å²) in [6.45, 7) is 7.93. The highest BCUT2D eigenvalue weighted by Gasteiger charge is 2.41. The molecule has 2 aliphatic rings. The predicted molar refractivity (Wildman–Crippen MR) is 61.5 cm³/mol. The normalized spacial score (nSPS) is 36.9. The molecule has 2 fully saturated rings. The van der Waals surface area contributed by atoms with Gasteiger partial charge in [-0.25, -0.2) is 0 Å². The van der Waals surface area contributed by atoms with Crippen molar-refractivity contribution in [2.45, 2.75) is 52.5 Å². The van der Waals surface area contributed by atoms with E-state index < -0.39 is 0 Å². The topological polar surface area (TPSA) is 20.3 Å². The number of rotatable bonds is 2. The molecule has 0 aromatic carbocycles. The molecule has 86 valence electrons. The fourth-order valence-corrected chi connectivity index (χ4v) is 3.47. The molecular formula is C13H23NO. The average Bonchev–Trinajstić information content (AvgIpc) is 2.71. The third-order valence-electron chi connectivity index (χ3n) is 4.30. The molecule has 1 amide bonds. The Balaban J connectivity index is 2.13. The maximum atomic E-state index is 11.8. The molecule has 0 spiro atoms. The van der Waals surface area contributed by atoms with Crippen LogP contribution in [0.3, 0.4) is 0 Å². The van der Waals surface area contributed by atoms with Crippen LogP contribution in [0.5, 0.6) is 0 Å². The summed E-state index contributed by atoms with van der Waals surface area (Å²) in [5.41, 5.74) is 0. The summed E-state index contributed by atoms with van der Waals surface area (Å²) in [4.78, 5) is 14.0. The van der Waals surface area contributed by atoms with Crippen molar-refractivity contribution in [3.8, 4) is 0 Å². The Hall–Kier alpha value is -0.530. The zero-order chi connectivity index (χ0) is 11.0. The van der Waals surface area contributed by atoms with Gasteiger partial charge in [0.05, 0.1) is 0 Å². The highest BCUT2D eigenvalue weighted by atomic mass is 16.2. The van der Waals surface area contributed by atoms with Gasteiger partial charge in [0.15, 0.2) is 0 Å². The largest absolute Gasteiger partial charge is 0.339 e. The number of hydrogen-bond acceptors (Lipinski definition) is 1. The SMILES string of the molecule is CC(C)[C@H]1CC[C@H](C)[C@@H]1N1CCCC1=O. The fourth-order valence-electron chi connectivity index (χ4n) is 3.47. The second kappa shape index (κ2) is 4.15. The summed E-state index contributed by atoms with van der Waals surface area (Å²) >= 11 is 0. The monoisotopic (exact) mass is 209 g/mol. The first kappa shape index (κ1) is 11.0. The van der Waals surface area contributed by atoms with E-state index in [4.69, 9.17) is 0 Å². The van der Waals surface area contributed by atoms with Crippen molar-refractivity contribution in [1.82, 2.24) is 4.90 Å². The molecule has 0 aromatic heterocycles. The summed E-state index contributed by atoms with van der Waals surface area (Å²) in [5.74, 6) is 2.56. The third-order valence-corrected chi connectivity index (χ3v) is 4.30. The molecule has 0 unspecified atom stereocenters. The molecule has 0 radical (unpaired) electrons. The van der Waals surface area contributed by atoms with E-state index in [0.717, 1.165) is 25.3 Å². The first-order valence-electron chi connectivity index (χ1n) is 6.40. The summed E-state index contributed by atoms with van der Waals surface area (Å²) in [6.07, 6.45) is 4.48. The Morgan fingerprint density at radius 2 is 2.07 bits per heavy atom. The Bertz CT molecular complexity index is 249. The fraction of sp³-hybridized carbons (Fsp3) is 0.923. The lowest BCUT2D eigenvalue weighted by atomic mass is 9.88. The molecule has 1 saturated carbocycles. The molecule has 2 rings (SSSR count). The van der Waals surface area contributed by atoms with Crippen LogP contribution in [-0.4, -0.2) is 23.4 Å². The second-order valence-corrected chi connectivity index (χ2v) is 5.64. The second-order valence-electron chi connectivity index (χ2n) is 5.64. The van der Waals surface area contributed by atoms with Gasteiger partial charge in [0.25, 0.3) is 0 Å². The molecule has 1 saturated heterocycles. The molecule has 0 N–H and O–H groups in total. The third kappa shape index (κ3) is 1.91. The summed E-state index contributed by atoms with van der Waals surface area (Å²) < 4.78 is 0. The van der Waals surface area contributed by atoms with Gasteiger partial charge in [-0.15, -0.1) is 0 Å². The summed E-state index contributed by atoms with van der Waals surface area (Å²) in [6, 6.07) is 0.542. The van der Waals surface area contributed by atoms with Crippen molar-refractivity contribution in [3.05, 3.63) is 0 Å². The van der Waals surface area contributed by atoms with Crippen LogP contribution in [0.1, 0.15) is 46.5 Å². The Morgan fingerprint density at radius 1 is 1.33 bits per heavy atom. The number of nitrogens with zero attached hydrogens (tertiary/aromatic N) is 1. The highest BCUT2D eigenvalue weighted by Crippen LogP contribution is 2.40. The zero-order valence-electron chi connectivity index (χ0n) is 10.2. The van der Waals surface area contributed by atoms with Crippen LogP contribution in [0, 0.1) is 17.8 Å². The quantitative estimate of drug-likeness (QED) is 0.684. The minimum absolute atomic E-state index is 0.402. The van der Waals surface area contributed by atoms with Gasteiger partial charge in [0.2, 0.25) is 5.91 Å². The molecule has 1 heterocycles. The van der Waals surface area contributed by atoms with E-state index in [2.05, 4.69) is 25.7 Å². The molecule has 2 nitrogen and oxygen atoms in total. The van der Waals surface area contributed by atoms with E-state index in [1.807, 2.05) is 0 Å². The van der Waals surface area contributed by atoms with Crippen LogP contribution in [-0.2, 0) is 4.79 Å². The van der Waals surface area contributed by atoms with Crippen molar-refractivity contribution in [2.24, 2.45) is 17.8 Å². The van der Waals surface area contributed by atoms with E-state index in [0.29, 0.717) is 23.8 Å². The molecule has 2 heteroatoms. The van der Waals surface area contributed by atoms with Crippen molar-refractivity contribution >= 4 is 5.91 Å². The van der Waals surface area contributed by atoms with Gasteiger partial charge in [-0.05, 0) is 37.0 Å². The van der Waals surface area contributed by atoms with Gasteiger partial charge >= 0.3 is 0 Å². The van der Waals surface area contributed by atoms with E-state index >= 15 is 0 Å². The summed E-state index contributed by atoms with van der Waals surface area (Å²) in [7, 11) is 0. The first-order chi connectivity index (χ1) is 7.11. The molecule has 0 bridgehead atoms. The molecule has 1 aliphatic carbocycles. The zero-order valence-corrected chi connectivity index (χ0v) is 10.2. The van der Waals surface area contributed by atoms with Crippen LogP contribution >= 0.6 is 0 Å². The van der Waals surface area contributed by atoms with Crippen molar-refractivity contribution < 1.29 is 4.79 Å². The predicted octanol–water partition coefficient (Wildman–Crippen LogP) is 2.68. The lowest BCUT2D eigenvalue weighted by molar-refractivity contribution is -0.131. The minimum atomic E-state index is 0.402. The van der Waals surface area contributed by atoms with Crippen LogP contribution in [0.4, 0.5) is 0 Å². The van der Waals surface area contributed by atoms with E-state index in [-0.39, 0.29) is 0 Å². The van der Waals surface area contributed by atoms with Crippen LogP contribution < -0.4 is 0 Å². The number of amides is 1. The van der Waals surface area contributed by atoms with Gasteiger partial charge in [0.1, 0.15) is 0 Å². The van der Waals surface area contributed by atoms with E-state index in [1.54, 1.807) is 0 Å². The molecular weight excluding hydrogens is 186 g/mol. The van der Waals surface area contributed by atoms with Crippen molar-refractivity contribution in [1.29, 1.82) is 0 Å². The Morgan fingerprint density at radius 3 is 2.60 bits per heavy atom. The van der Waals surface area contributed by atoms with E-state index in [1.165, 1.54) is 12.8 Å². The van der Waals surface area contributed by atoms with Gasteiger partial charge < -0.3 is 4.90 Å². The maximum Gasteiger partial charge on any atom is 0.222 e. The number of hydrogen-bond donors (Lipinski definition) is 0. The molecule has 0 aromatic rings. The lowest BCUT2D eigenvalue weighted by Gasteiger charge is -2.34. The smallest absolute Gasteiger partial charge is 0.222 e. The lowest BCUT2D eigenvalue weighted by Crippen LogP contribution is -2.43. The molecule has 15 heavy (non-hydrogen) atoms. The minimum Gasteiger partial charge on any atom is -0.339 e. The molecule has 3 atom stereocenters. The maximum absolute atomic E-state index is 11.8. The van der Waals surface area contributed by atoms with Crippen LogP contribution in [0.2, 0.25) is 0 Å². The van der Waals surface area contributed by atoms with Gasteiger partial charge in [-0.3, -0.25) is 4.79 Å². The standard InChI is InChI=1S/C13H23NO/c1-9(2)11-7-6-10(3)13(11)14-8-4-5-12(14)15/h9-11,13H,4-8H2,1-3H3/t10-,11+,13-/m0/s1. The number of likely N-dealkylation sites (tertiary alicyclic amines) is 1. The van der Waals surface area contributed by atoms with E-state index in [9.17, 15) is 4.79 Å². The number of carbonyl (C=O) groups is 1. The van der Waals surface area contributed by atoms with Gasteiger partial charge in [-0.1, -0.05) is 20.8 Å². The van der Waals surface area contributed by atoms with Crippen molar-refractivity contribution in [3.63, 3.8) is 0 Å². The highest BCUT2D eigenvalue weighted by molar-refractivity contribution is 5.78. The number of carbonyl (C=O) groups excluding carboxylic acids is 1. The Labute approximate surface area is 93.0 Å². The molecule has 1 aliphatic heterocycles. The van der Waals surface area contributed by atoms with Gasteiger partial charge in [-0.2, -0.15) is 0 Å². The Kier molecular flexibility index (Phi) is 3.03.